The third-order valence-corrected chi connectivity index (χ3v) is 3.83. The summed E-state index contributed by atoms with van der Waals surface area (Å²) in [4.78, 5) is 14.0. The minimum absolute atomic E-state index is 0.160. The Labute approximate surface area is 121 Å². The molecule has 0 aliphatic carbocycles. The SMILES string of the molecule is CCOC(=O)NC1CC(CC)CN(c2ccccc2)C1. The summed E-state index contributed by atoms with van der Waals surface area (Å²) in [5, 5.41) is 2.98. The molecule has 1 N–H and O–H groups in total. The fourth-order valence-electron chi connectivity index (χ4n) is 2.79. The maximum absolute atomic E-state index is 11.6. The predicted molar refractivity (Wildman–Crippen MR) is 81.0 cm³/mol. The first kappa shape index (κ1) is 14.7. The Hall–Kier alpha value is -1.71. The van der Waals surface area contributed by atoms with Crippen molar-refractivity contribution in [2.75, 3.05) is 24.6 Å². The average molecular weight is 276 g/mol. The Morgan fingerprint density at radius 1 is 1.30 bits per heavy atom. The van der Waals surface area contributed by atoms with E-state index >= 15 is 0 Å². The van der Waals surface area contributed by atoms with Gasteiger partial charge in [0.15, 0.2) is 0 Å². The smallest absolute Gasteiger partial charge is 0.407 e. The van der Waals surface area contributed by atoms with E-state index in [1.54, 1.807) is 0 Å². The first-order valence-corrected chi connectivity index (χ1v) is 7.46. The van der Waals surface area contributed by atoms with Gasteiger partial charge in [-0.3, -0.25) is 0 Å². The van der Waals surface area contributed by atoms with Gasteiger partial charge in [-0.2, -0.15) is 0 Å². The molecule has 1 fully saturated rings. The highest BCUT2D eigenvalue weighted by molar-refractivity contribution is 5.67. The van der Waals surface area contributed by atoms with Crippen LogP contribution in [0.4, 0.5) is 10.5 Å². The topological polar surface area (TPSA) is 41.6 Å². The molecule has 0 aromatic heterocycles. The Morgan fingerprint density at radius 3 is 2.70 bits per heavy atom. The molecule has 1 aliphatic rings. The highest BCUT2D eigenvalue weighted by Crippen LogP contribution is 2.25. The highest BCUT2D eigenvalue weighted by Gasteiger charge is 2.27. The number of carbonyl (C=O) groups is 1. The number of carbonyl (C=O) groups excluding carboxylic acids is 1. The van der Waals surface area contributed by atoms with Crippen molar-refractivity contribution in [3.8, 4) is 0 Å². The normalized spacial score (nSPS) is 22.4. The molecule has 0 radical (unpaired) electrons. The standard InChI is InChI=1S/C16H24N2O2/c1-3-13-10-14(17-16(19)20-4-2)12-18(11-13)15-8-6-5-7-9-15/h5-9,13-14H,3-4,10-12H2,1-2H3,(H,17,19). The number of para-hydroxylation sites is 1. The van der Waals surface area contributed by atoms with E-state index in [4.69, 9.17) is 4.74 Å². The lowest BCUT2D eigenvalue weighted by molar-refractivity contribution is 0.144. The summed E-state index contributed by atoms with van der Waals surface area (Å²) >= 11 is 0. The van der Waals surface area contributed by atoms with E-state index in [-0.39, 0.29) is 12.1 Å². The van der Waals surface area contributed by atoms with Crippen LogP contribution in [-0.2, 0) is 4.74 Å². The summed E-state index contributed by atoms with van der Waals surface area (Å²) in [6.45, 7) is 6.35. The summed E-state index contributed by atoms with van der Waals surface area (Å²) in [7, 11) is 0. The molecule has 1 aromatic carbocycles. The molecule has 1 aromatic rings. The third-order valence-electron chi connectivity index (χ3n) is 3.83. The van der Waals surface area contributed by atoms with Crippen molar-refractivity contribution >= 4 is 11.8 Å². The van der Waals surface area contributed by atoms with Crippen molar-refractivity contribution in [3.63, 3.8) is 0 Å². The number of ether oxygens (including phenoxy) is 1. The van der Waals surface area contributed by atoms with Gasteiger partial charge < -0.3 is 15.0 Å². The van der Waals surface area contributed by atoms with Crippen LogP contribution in [0.2, 0.25) is 0 Å². The summed E-state index contributed by atoms with van der Waals surface area (Å²) < 4.78 is 4.99. The van der Waals surface area contributed by atoms with E-state index < -0.39 is 0 Å². The van der Waals surface area contributed by atoms with Crippen molar-refractivity contribution < 1.29 is 9.53 Å². The van der Waals surface area contributed by atoms with Gasteiger partial charge in [-0.25, -0.2) is 4.79 Å². The van der Waals surface area contributed by atoms with E-state index in [1.165, 1.54) is 5.69 Å². The summed E-state index contributed by atoms with van der Waals surface area (Å²) in [6, 6.07) is 10.5. The molecule has 2 unspecified atom stereocenters. The average Bonchev–Trinajstić information content (AvgIpc) is 2.48. The van der Waals surface area contributed by atoms with Gasteiger partial charge in [0.05, 0.1) is 12.6 Å². The molecular formula is C16H24N2O2. The monoisotopic (exact) mass is 276 g/mol. The van der Waals surface area contributed by atoms with E-state index in [0.717, 1.165) is 25.9 Å². The van der Waals surface area contributed by atoms with Crippen molar-refractivity contribution in [1.29, 1.82) is 0 Å². The summed E-state index contributed by atoms with van der Waals surface area (Å²) in [6.07, 6.45) is 1.85. The number of benzene rings is 1. The number of anilines is 1. The molecule has 2 atom stereocenters. The minimum Gasteiger partial charge on any atom is -0.450 e. The quantitative estimate of drug-likeness (QED) is 0.919. The first-order valence-electron chi connectivity index (χ1n) is 7.46. The van der Waals surface area contributed by atoms with Crippen LogP contribution >= 0.6 is 0 Å². The van der Waals surface area contributed by atoms with Gasteiger partial charge in [-0.15, -0.1) is 0 Å². The third kappa shape index (κ3) is 3.89. The van der Waals surface area contributed by atoms with Gasteiger partial charge in [0.25, 0.3) is 0 Å². The second-order valence-corrected chi connectivity index (χ2v) is 5.31. The van der Waals surface area contributed by atoms with Crippen LogP contribution in [0.3, 0.4) is 0 Å². The van der Waals surface area contributed by atoms with Crippen molar-refractivity contribution in [2.24, 2.45) is 5.92 Å². The van der Waals surface area contributed by atoms with Gasteiger partial charge >= 0.3 is 6.09 Å². The van der Waals surface area contributed by atoms with Crippen molar-refractivity contribution in [2.45, 2.75) is 32.7 Å². The van der Waals surface area contributed by atoms with Gasteiger partial charge in [-0.1, -0.05) is 31.5 Å². The number of amides is 1. The van der Waals surface area contributed by atoms with Crippen LogP contribution < -0.4 is 10.2 Å². The maximum atomic E-state index is 11.6. The minimum atomic E-state index is -0.303. The lowest BCUT2D eigenvalue weighted by Gasteiger charge is -2.39. The number of piperidine rings is 1. The molecule has 0 bridgehead atoms. The zero-order chi connectivity index (χ0) is 14.4. The summed E-state index contributed by atoms with van der Waals surface area (Å²) in [5.74, 6) is 0.607. The van der Waals surface area contributed by atoms with Crippen molar-refractivity contribution in [1.82, 2.24) is 5.32 Å². The number of nitrogens with one attached hydrogen (secondary N) is 1. The van der Waals surface area contributed by atoms with Crippen LogP contribution in [0.1, 0.15) is 26.7 Å². The van der Waals surface area contributed by atoms with E-state index in [1.807, 2.05) is 13.0 Å². The molecule has 1 saturated heterocycles. The Balaban J connectivity index is 2.02. The molecule has 1 heterocycles. The first-order chi connectivity index (χ1) is 9.72. The fourth-order valence-corrected chi connectivity index (χ4v) is 2.79. The zero-order valence-corrected chi connectivity index (χ0v) is 12.3. The largest absolute Gasteiger partial charge is 0.450 e. The summed E-state index contributed by atoms with van der Waals surface area (Å²) in [5.41, 5.74) is 1.22. The number of nitrogens with zero attached hydrogens (tertiary/aromatic N) is 1. The molecule has 2 rings (SSSR count). The molecule has 4 nitrogen and oxygen atoms in total. The van der Waals surface area contributed by atoms with E-state index in [2.05, 4.69) is 41.4 Å². The molecule has 1 amide bonds. The Kier molecular flexibility index (Phi) is 5.27. The molecule has 1 aliphatic heterocycles. The van der Waals surface area contributed by atoms with E-state index in [9.17, 15) is 4.79 Å². The molecular weight excluding hydrogens is 252 g/mol. The van der Waals surface area contributed by atoms with Gasteiger partial charge in [0.1, 0.15) is 0 Å². The van der Waals surface area contributed by atoms with Gasteiger partial charge in [-0.05, 0) is 31.4 Å². The fraction of sp³-hybridized carbons (Fsp3) is 0.562. The molecule has 0 saturated carbocycles. The molecule has 0 spiro atoms. The lowest BCUT2D eigenvalue weighted by Crippen LogP contribution is -2.51. The molecule has 110 valence electrons. The van der Waals surface area contributed by atoms with Crippen LogP contribution in [0.25, 0.3) is 0 Å². The number of rotatable bonds is 4. The van der Waals surface area contributed by atoms with E-state index in [0.29, 0.717) is 12.5 Å². The lowest BCUT2D eigenvalue weighted by atomic mass is 9.92. The maximum Gasteiger partial charge on any atom is 0.407 e. The van der Waals surface area contributed by atoms with Crippen LogP contribution in [0, 0.1) is 5.92 Å². The van der Waals surface area contributed by atoms with Gasteiger partial charge in [0.2, 0.25) is 0 Å². The zero-order valence-electron chi connectivity index (χ0n) is 12.3. The number of alkyl carbamates (subject to hydrolysis) is 1. The van der Waals surface area contributed by atoms with Crippen LogP contribution in [0.5, 0.6) is 0 Å². The Bertz CT molecular complexity index is 422. The van der Waals surface area contributed by atoms with Crippen LogP contribution in [0.15, 0.2) is 30.3 Å². The Morgan fingerprint density at radius 2 is 2.05 bits per heavy atom. The number of hydrogen-bond donors (Lipinski definition) is 1. The van der Waals surface area contributed by atoms with Gasteiger partial charge in [0, 0.05) is 18.8 Å². The highest BCUT2D eigenvalue weighted by atomic mass is 16.5. The second kappa shape index (κ2) is 7.17. The molecule has 4 heteroatoms. The van der Waals surface area contributed by atoms with Crippen LogP contribution in [-0.4, -0.2) is 31.8 Å². The number of hydrogen-bond acceptors (Lipinski definition) is 3. The van der Waals surface area contributed by atoms with Crippen molar-refractivity contribution in [3.05, 3.63) is 30.3 Å². The second-order valence-electron chi connectivity index (χ2n) is 5.31. The molecule has 20 heavy (non-hydrogen) atoms. The predicted octanol–water partition coefficient (Wildman–Crippen LogP) is 3.04.